The normalized spacial score (nSPS) is 9.00. The maximum absolute atomic E-state index is 11.0. The number of nitrogens with two attached hydrogens (primary N) is 1. The predicted octanol–water partition coefficient (Wildman–Crippen LogP) is 1.17. The third-order valence-electron chi connectivity index (χ3n) is 1.69. The van der Waals surface area contributed by atoms with Crippen molar-refractivity contribution in [3.8, 4) is 6.07 Å². The summed E-state index contributed by atoms with van der Waals surface area (Å²) in [7, 11) is 0. The molecule has 0 heterocycles. The first-order valence-electron chi connectivity index (χ1n) is 4.20. The number of carbonyl (C=O) groups excluding carboxylic acids is 1. The van der Waals surface area contributed by atoms with Crippen molar-refractivity contribution in [3.05, 3.63) is 29.8 Å². The molecule has 0 aromatic heterocycles. The van der Waals surface area contributed by atoms with Crippen LogP contribution in [0.2, 0.25) is 0 Å². The molecule has 0 saturated heterocycles. The smallest absolute Gasteiger partial charge is 0.238 e. The number of hydrogen-bond acceptors (Lipinski definition) is 3. The zero-order chi connectivity index (χ0) is 11.3. The Kier molecular flexibility index (Phi) is 3.77. The molecule has 0 saturated carbocycles. The van der Waals surface area contributed by atoms with Crippen molar-refractivity contribution in [2.24, 2.45) is 5.73 Å². The number of carbonyl (C=O) groups is 1. The molecule has 0 unspecified atom stereocenters. The van der Waals surface area contributed by atoms with Gasteiger partial charge in [0.1, 0.15) is 11.4 Å². The van der Waals surface area contributed by atoms with Crippen LogP contribution in [-0.4, -0.2) is 10.9 Å². The Labute approximate surface area is 92.7 Å². The van der Waals surface area contributed by atoms with Gasteiger partial charge in [-0.15, -0.1) is 0 Å². The minimum atomic E-state index is -0.333. The summed E-state index contributed by atoms with van der Waals surface area (Å²) in [5.41, 5.74) is 6.77. The fourth-order valence-electron chi connectivity index (χ4n) is 0.995. The highest BCUT2D eigenvalue weighted by Gasteiger charge is 2.01. The van der Waals surface area contributed by atoms with E-state index in [1.807, 2.05) is 0 Å². The van der Waals surface area contributed by atoms with E-state index in [1.54, 1.807) is 30.3 Å². The first kappa shape index (κ1) is 11.1. The number of rotatable bonds is 3. The summed E-state index contributed by atoms with van der Waals surface area (Å²) in [5, 5.41) is 10.9. The molecule has 0 bridgehead atoms. The SMILES string of the molecule is N#CCC(=O)Nc1ccc(C(N)=S)cc1. The minimum absolute atomic E-state index is 0.156. The van der Waals surface area contributed by atoms with Gasteiger partial charge in [0.25, 0.3) is 0 Å². The molecule has 0 spiro atoms. The largest absolute Gasteiger partial charge is 0.389 e. The quantitative estimate of drug-likeness (QED) is 0.748. The maximum atomic E-state index is 11.0. The number of amides is 1. The minimum Gasteiger partial charge on any atom is -0.389 e. The highest BCUT2D eigenvalue weighted by Crippen LogP contribution is 2.09. The highest BCUT2D eigenvalue weighted by molar-refractivity contribution is 7.80. The zero-order valence-electron chi connectivity index (χ0n) is 7.86. The van der Waals surface area contributed by atoms with Gasteiger partial charge in [-0.05, 0) is 24.3 Å². The van der Waals surface area contributed by atoms with Gasteiger partial charge in [-0.25, -0.2) is 0 Å². The maximum Gasteiger partial charge on any atom is 0.238 e. The number of hydrogen-bond donors (Lipinski definition) is 2. The zero-order valence-corrected chi connectivity index (χ0v) is 8.67. The van der Waals surface area contributed by atoms with Gasteiger partial charge in [0.05, 0.1) is 6.07 Å². The van der Waals surface area contributed by atoms with Crippen LogP contribution < -0.4 is 11.1 Å². The Morgan fingerprint density at radius 2 is 2.07 bits per heavy atom. The topological polar surface area (TPSA) is 78.9 Å². The third kappa shape index (κ3) is 3.37. The third-order valence-corrected chi connectivity index (χ3v) is 1.93. The number of nitrogens with one attached hydrogen (secondary N) is 1. The number of anilines is 1. The van der Waals surface area contributed by atoms with Crippen molar-refractivity contribution in [2.45, 2.75) is 6.42 Å². The van der Waals surface area contributed by atoms with Gasteiger partial charge in [-0.2, -0.15) is 5.26 Å². The number of thiocarbonyl (C=S) groups is 1. The second-order valence-corrected chi connectivity index (χ2v) is 3.26. The van der Waals surface area contributed by atoms with Crippen molar-refractivity contribution in [1.29, 1.82) is 5.26 Å². The van der Waals surface area contributed by atoms with Gasteiger partial charge in [0.2, 0.25) is 5.91 Å². The number of nitriles is 1. The molecule has 5 heteroatoms. The Bertz CT molecular complexity index is 419. The standard InChI is InChI=1S/C10H9N3OS/c11-6-5-9(14)13-8-3-1-7(2-4-8)10(12)15/h1-4H,5H2,(H2,12,15)(H,13,14). The molecule has 3 N–H and O–H groups in total. The van der Waals surface area contributed by atoms with E-state index in [9.17, 15) is 4.79 Å². The van der Waals surface area contributed by atoms with Gasteiger partial charge >= 0.3 is 0 Å². The molecule has 0 aliphatic rings. The fraction of sp³-hybridized carbons (Fsp3) is 0.100. The number of nitrogens with zero attached hydrogens (tertiary/aromatic N) is 1. The average molecular weight is 219 g/mol. The van der Waals surface area contributed by atoms with Crippen LogP contribution in [0.3, 0.4) is 0 Å². The summed E-state index contributed by atoms with van der Waals surface area (Å²) < 4.78 is 0. The Morgan fingerprint density at radius 1 is 1.47 bits per heavy atom. The van der Waals surface area contributed by atoms with Crippen LogP contribution >= 0.6 is 12.2 Å². The number of benzene rings is 1. The van der Waals surface area contributed by atoms with Gasteiger partial charge in [-0.3, -0.25) is 4.79 Å². The van der Waals surface area contributed by atoms with Crippen molar-refractivity contribution >= 4 is 28.8 Å². The average Bonchev–Trinajstić information content (AvgIpc) is 2.18. The summed E-state index contributed by atoms with van der Waals surface area (Å²) >= 11 is 4.78. The van der Waals surface area contributed by atoms with E-state index in [0.29, 0.717) is 10.7 Å². The molecule has 1 amide bonds. The molecule has 0 aliphatic carbocycles. The molecule has 0 atom stereocenters. The monoisotopic (exact) mass is 219 g/mol. The van der Waals surface area contributed by atoms with Crippen LogP contribution in [0.4, 0.5) is 5.69 Å². The summed E-state index contributed by atoms with van der Waals surface area (Å²) in [4.78, 5) is 11.4. The molecule has 0 aliphatic heterocycles. The van der Waals surface area contributed by atoms with Crippen LogP contribution in [0.15, 0.2) is 24.3 Å². The molecule has 1 aromatic carbocycles. The Balaban J connectivity index is 2.69. The van der Waals surface area contributed by atoms with Crippen molar-refractivity contribution in [2.75, 3.05) is 5.32 Å². The molecular weight excluding hydrogens is 210 g/mol. The van der Waals surface area contributed by atoms with Crippen molar-refractivity contribution in [3.63, 3.8) is 0 Å². The lowest BCUT2D eigenvalue weighted by Crippen LogP contribution is -2.11. The molecule has 1 rings (SSSR count). The molecule has 15 heavy (non-hydrogen) atoms. The molecule has 4 nitrogen and oxygen atoms in total. The van der Waals surface area contributed by atoms with Gasteiger partial charge < -0.3 is 11.1 Å². The summed E-state index contributed by atoms with van der Waals surface area (Å²) in [6.45, 7) is 0. The molecule has 0 fully saturated rings. The lowest BCUT2D eigenvalue weighted by Gasteiger charge is -2.03. The fourth-order valence-corrected chi connectivity index (χ4v) is 1.13. The van der Waals surface area contributed by atoms with Crippen LogP contribution in [0.1, 0.15) is 12.0 Å². The van der Waals surface area contributed by atoms with E-state index in [4.69, 9.17) is 23.2 Å². The predicted molar refractivity (Wildman–Crippen MR) is 61.2 cm³/mol. The van der Waals surface area contributed by atoms with E-state index in [2.05, 4.69) is 5.32 Å². The van der Waals surface area contributed by atoms with E-state index in [1.165, 1.54) is 0 Å². The van der Waals surface area contributed by atoms with E-state index >= 15 is 0 Å². The summed E-state index contributed by atoms with van der Waals surface area (Å²) in [6.07, 6.45) is -0.156. The highest BCUT2D eigenvalue weighted by atomic mass is 32.1. The molecule has 0 radical (unpaired) electrons. The van der Waals surface area contributed by atoms with Crippen LogP contribution in [0.25, 0.3) is 0 Å². The van der Waals surface area contributed by atoms with Gasteiger partial charge in [0, 0.05) is 11.3 Å². The van der Waals surface area contributed by atoms with Gasteiger partial charge in [0.15, 0.2) is 0 Å². The Morgan fingerprint density at radius 3 is 2.53 bits per heavy atom. The molecule has 76 valence electrons. The van der Waals surface area contributed by atoms with E-state index in [-0.39, 0.29) is 12.3 Å². The summed E-state index contributed by atoms with van der Waals surface area (Å²) in [6, 6.07) is 8.56. The van der Waals surface area contributed by atoms with Crippen LogP contribution in [0.5, 0.6) is 0 Å². The second-order valence-electron chi connectivity index (χ2n) is 2.82. The lowest BCUT2D eigenvalue weighted by molar-refractivity contribution is -0.115. The van der Waals surface area contributed by atoms with E-state index in [0.717, 1.165) is 5.56 Å². The first-order chi connectivity index (χ1) is 7.13. The van der Waals surface area contributed by atoms with Crippen molar-refractivity contribution in [1.82, 2.24) is 0 Å². The van der Waals surface area contributed by atoms with Crippen LogP contribution in [-0.2, 0) is 4.79 Å². The Hall–Kier alpha value is -1.93. The van der Waals surface area contributed by atoms with Gasteiger partial charge in [-0.1, -0.05) is 12.2 Å². The molecular formula is C10H9N3OS. The van der Waals surface area contributed by atoms with E-state index < -0.39 is 0 Å². The first-order valence-corrected chi connectivity index (χ1v) is 4.61. The second kappa shape index (κ2) is 5.08. The molecule has 1 aromatic rings. The van der Waals surface area contributed by atoms with Crippen LogP contribution in [0, 0.1) is 11.3 Å². The summed E-state index contributed by atoms with van der Waals surface area (Å²) in [5.74, 6) is -0.333. The lowest BCUT2D eigenvalue weighted by atomic mass is 10.2. The van der Waals surface area contributed by atoms with Crippen molar-refractivity contribution < 1.29 is 4.79 Å².